The van der Waals surface area contributed by atoms with Crippen molar-refractivity contribution in [1.29, 1.82) is 0 Å². The molecule has 1 aliphatic carbocycles. The number of hydrogen-bond acceptors (Lipinski definition) is 8. The summed E-state index contributed by atoms with van der Waals surface area (Å²) in [6, 6.07) is 7.81. The van der Waals surface area contributed by atoms with Crippen molar-refractivity contribution >= 4 is 40.4 Å². The Morgan fingerprint density at radius 1 is 1.03 bits per heavy atom. The molecule has 2 heterocycles. The minimum Gasteiger partial charge on any atom is -0.469 e. The van der Waals surface area contributed by atoms with Crippen molar-refractivity contribution < 1.29 is 14.3 Å². The van der Waals surface area contributed by atoms with Gasteiger partial charge >= 0.3 is 5.97 Å². The topological polar surface area (TPSA) is 124 Å². The molecule has 10 heteroatoms. The van der Waals surface area contributed by atoms with E-state index in [1.807, 2.05) is 28.9 Å². The van der Waals surface area contributed by atoms with Gasteiger partial charge in [-0.25, -0.2) is 9.67 Å². The Hall–Kier alpha value is -3.56. The highest BCUT2D eigenvalue weighted by atomic mass is 16.5. The van der Waals surface area contributed by atoms with Crippen LogP contribution >= 0.6 is 0 Å². The first-order valence-corrected chi connectivity index (χ1v) is 11.9. The van der Waals surface area contributed by atoms with Crippen LogP contribution in [0.1, 0.15) is 70.3 Å². The lowest BCUT2D eigenvalue weighted by Crippen LogP contribution is -2.11. The number of unbranched alkanes of at least 4 members (excludes halogenated alkanes) is 3. The molecule has 1 saturated carbocycles. The van der Waals surface area contributed by atoms with Gasteiger partial charge in [-0.1, -0.05) is 30.9 Å². The summed E-state index contributed by atoms with van der Waals surface area (Å²) in [4.78, 5) is 32.2. The van der Waals surface area contributed by atoms with Crippen molar-refractivity contribution in [3.05, 3.63) is 30.5 Å². The number of aromatic nitrogens is 5. The van der Waals surface area contributed by atoms with E-state index in [-0.39, 0.29) is 11.9 Å². The summed E-state index contributed by atoms with van der Waals surface area (Å²) in [5.41, 5.74) is 3.00. The zero-order valence-corrected chi connectivity index (χ0v) is 19.5. The van der Waals surface area contributed by atoms with Gasteiger partial charge in [0, 0.05) is 24.2 Å². The van der Waals surface area contributed by atoms with Crippen molar-refractivity contribution in [2.24, 2.45) is 0 Å². The van der Waals surface area contributed by atoms with E-state index in [4.69, 9.17) is 0 Å². The molecule has 0 radical (unpaired) electrons. The van der Waals surface area contributed by atoms with E-state index in [1.165, 1.54) is 20.0 Å². The van der Waals surface area contributed by atoms with Gasteiger partial charge in [0.25, 0.3) is 0 Å². The van der Waals surface area contributed by atoms with Crippen LogP contribution in [0.25, 0.3) is 11.2 Å². The van der Waals surface area contributed by atoms with E-state index in [9.17, 15) is 9.59 Å². The van der Waals surface area contributed by atoms with E-state index < -0.39 is 0 Å². The number of amides is 1. The van der Waals surface area contributed by atoms with Crippen molar-refractivity contribution in [2.75, 3.05) is 17.7 Å². The number of nitrogens with one attached hydrogen (secondary N) is 2. The van der Waals surface area contributed by atoms with Crippen LogP contribution in [0.5, 0.6) is 0 Å². The Bertz CT molecular complexity index is 1110. The van der Waals surface area contributed by atoms with Gasteiger partial charge < -0.3 is 15.4 Å². The molecule has 180 valence electrons. The van der Waals surface area contributed by atoms with Crippen LogP contribution < -0.4 is 10.6 Å². The zero-order chi connectivity index (χ0) is 23.8. The Balaban J connectivity index is 1.25. The first-order valence-electron chi connectivity index (χ1n) is 11.9. The predicted octanol–water partition coefficient (Wildman–Crippen LogP) is 4.53. The summed E-state index contributed by atoms with van der Waals surface area (Å²) in [5.74, 6) is 0.281. The Labute approximate surface area is 198 Å². The molecular weight excluding hydrogens is 434 g/mol. The van der Waals surface area contributed by atoms with Crippen LogP contribution in [0.4, 0.5) is 17.3 Å². The summed E-state index contributed by atoms with van der Waals surface area (Å²) in [5, 5.41) is 14.6. The van der Waals surface area contributed by atoms with Gasteiger partial charge in [0.2, 0.25) is 11.9 Å². The number of fused-ring (bicyclic) bond motifs is 1. The summed E-state index contributed by atoms with van der Waals surface area (Å²) >= 11 is 0. The number of carbonyl (C=O) groups is 2. The van der Waals surface area contributed by atoms with E-state index in [0.29, 0.717) is 30.3 Å². The van der Waals surface area contributed by atoms with Gasteiger partial charge in [-0.05, 0) is 49.9 Å². The summed E-state index contributed by atoms with van der Waals surface area (Å²) in [7, 11) is 1.40. The molecule has 0 spiro atoms. The summed E-state index contributed by atoms with van der Waals surface area (Å²) in [6.45, 7) is 0. The van der Waals surface area contributed by atoms with Crippen LogP contribution in [-0.2, 0) is 14.3 Å². The molecule has 34 heavy (non-hydrogen) atoms. The number of rotatable bonds is 11. The van der Waals surface area contributed by atoms with Crippen molar-refractivity contribution in [3.8, 4) is 0 Å². The molecule has 4 rings (SSSR count). The molecule has 10 nitrogen and oxygen atoms in total. The maximum Gasteiger partial charge on any atom is 0.305 e. The van der Waals surface area contributed by atoms with E-state index in [0.717, 1.165) is 55.5 Å². The van der Waals surface area contributed by atoms with Gasteiger partial charge in [-0.15, -0.1) is 5.10 Å². The van der Waals surface area contributed by atoms with Gasteiger partial charge in [0.05, 0.1) is 19.3 Å². The monoisotopic (exact) mass is 465 g/mol. The zero-order valence-electron chi connectivity index (χ0n) is 19.5. The SMILES string of the molecule is COC(=O)CCCCCCC(=O)Nc1ccc(Nc2ncc3nnn(C4CCCC4)c3n2)cc1. The summed E-state index contributed by atoms with van der Waals surface area (Å²) in [6.07, 6.45) is 10.6. The fourth-order valence-electron chi connectivity index (χ4n) is 4.20. The van der Waals surface area contributed by atoms with Gasteiger partial charge in [-0.2, -0.15) is 4.98 Å². The lowest BCUT2D eigenvalue weighted by molar-refractivity contribution is -0.140. The molecule has 2 aromatic heterocycles. The largest absolute Gasteiger partial charge is 0.469 e. The molecule has 0 bridgehead atoms. The molecule has 0 saturated heterocycles. The Morgan fingerprint density at radius 2 is 1.74 bits per heavy atom. The molecule has 1 aliphatic rings. The predicted molar refractivity (Wildman–Crippen MR) is 129 cm³/mol. The summed E-state index contributed by atoms with van der Waals surface area (Å²) < 4.78 is 6.54. The first-order chi connectivity index (χ1) is 16.6. The van der Waals surface area contributed by atoms with Gasteiger partial charge in [-0.3, -0.25) is 9.59 Å². The number of nitrogens with zero attached hydrogens (tertiary/aromatic N) is 5. The van der Waals surface area contributed by atoms with E-state index >= 15 is 0 Å². The van der Waals surface area contributed by atoms with Crippen molar-refractivity contribution in [2.45, 2.75) is 70.3 Å². The Kier molecular flexibility index (Phi) is 8.00. The normalized spacial score (nSPS) is 13.8. The molecule has 1 aromatic carbocycles. The number of anilines is 3. The molecule has 0 aliphatic heterocycles. The number of ether oxygens (including phenoxy) is 1. The molecule has 1 amide bonds. The second-order valence-electron chi connectivity index (χ2n) is 8.62. The highest BCUT2D eigenvalue weighted by Gasteiger charge is 2.21. The third-order valence-electron chi connectivity index (χ3n) is 6.07. The second-order valence-corrected chi connectivity index (χ2v) is 8.62. The number of carbonyl (C=O) groups excluding carboxylic acids is 2. The van der Waals surface area contributed by atoms with Crippen molar-refractivity contribution in [3.63, 3.8) is 0 Å². The molecule has 1 fully saturated rings. The maximum atomic E-state index is 12.2. The standard InChI is InChI=1S/C24H31N7O3/c1-34-22(33)11-5-3-2-4-10-21(32)26-17-12-14-18(15-13-17)27-24-25-16-20-23(28-24)31(30-29-20)19-8-6-7-9-19/h12-16,19H,2-11H2,1H3,(H,26,32)(H,25,27,28). The number of benzene rings is 1. The molecule has 0 atom stereocenters. The second kappa shape index (κ2) is 11.5. The smallest absolute Gasteiger partial charge is 0.305 e. The third kappa shape index (κ3) is 6.27. The van der Waals surface area contributed by atoms with Crippen molar-refractivity contribution in [1.82, 2.24) is 25.0 Å². The highest BCUT2D eigenvalue weighted by molar-refractivity contribution is 5.90. The third-order valence-corrected chi connectivity index (χ3v) is 6.07. The lowest BCUT2D eigenvalue weighted by Gasteiger charge is -2.10. The number of esters is 1. The number of hydrogen-bond donors (Lipinski definition) is 2. The highest BCUT2D eigenvalue weighted by Crippen LogP contribution is 2.30. The lowest BCUT2D eigenvalue weighted by atomic mass is 10.1. The number of methoxy groups -OCH3 is 1. The molecular formula is C24H31N7O3. The van der Waals surface area contributed by atoms with Crippen LogP contribution in [0, 0.1) is 0 Å². The van der Waals surface area contributed by atoms with E-state index in [1.54, 1.807) is 6.20 Å². The van der Waals surface area contributed by atoms with Crippen LogP contribution in [0.15, 0.2) is 30.5 Å². The fourth-order valence-corrected chi connectivity index (χ4v) is 4.20. The minimum atomic E-state index is -0.185. The Morgan fingerprint density at radius 3 is 2.47 bits per heavy atom. The van der Waals surface area contributed by atoms with E-state index in [2.05, 4.69) is 35.7 Å². The fraction of sp³-hybridized carbons (Fsp3) is 0.500. The minimum absolute atomic E-state index is 0.0184. The van der Waals surface area contributed by atoms with Gasteiger partial charge in [0.1, 0.15) is 0 Å². The quantitative estimate of drug-likeness (QED) is 0.313. The maximum absolute atomic E-state index is 12.2. The molecule has 0 unspecified atom stereocenters. The average molecular weight is 466 g/mol. The van der Waals surface area contributed by atoms with Crippen LogP contribution in [0.2, 0.25) is 0 Å². The van der Waals surface area contributed by atoms with Gasteiger partial charge in [0.15, 0.2) is 11.2 Å². The molecule has 2 N–H and O–H groups in total. The van der Waals surface area contributed by atoms with Crippen LogP contribution in [-0.4, -0.2) is 43.9 Å². The van der Waals surface area contributed by atoms with Crippen LogP contribution in [0.3, 0.4) is 0 Å². The average Bonchev–Trinajstić information content (AvgIpc) is 3.52. The molecule has 3 aromatic rings. The first kappa shape index (κ1) is 23.6.